The summed E-state index contributed by atoms with van der Waals surface area (Å²) in [5.41, 5.74) is 8.91. The molecule has 4 rings (SSSR count). The van der Waals surface area contributed by atoms with E-state index in [0.29, 0.717) is 31.7 Å². The zero-order valence-corrected chi connectivity index (χ0v) is 16.3. The molecule has 6 heteroatoms. The Labute approximate surface area is 165 Å². The Morgan fingerprint density at radius 3 is 2.64 bits per heavy atom. The van der Waals surface area contributed by atoms with Crippen LogP contribution in [0.15, 0.2) is 34.7 Å². The number of nitrogens with two attached hydrogens (primary N) is 1. The number of carbonyl (C=O) groups excluding carboxylic acids is 2. The van der Waals surface area contributed by atoms with Gasteiger partial charge in [0, 0.05) is 43.3 Å². The molecule has 0 atom stereocenters. The van der Waals surface area contributed by atoms with Gasteiger partial charge in [-0.15, -0.1) is 0 Å². The van der Waals surface area contributed by atoms with Crippen molar-refractivity contribution in [1.29, 1.82) is 0 Å². The van der Waals surface area contributed by atoms with Crippen molar-refractivity contribution in [1.82, 2.24) is 4.90 Å². The van der Waals surface area contributed by atoms with Gasteiger partial charge in [-0.3, -0.25) is 9.59 Å². The predicted molar refractivity (Wildman–Crippen MR) is 108 cm³/mol. The number of amides is 2. The van der Waals surface area contributed by atoms with Crippen LogP contribution in [0.5, 0.6) is 0 Å². The summed E-state index contributed by atoms with van der Waals surface area (Å²) < 4.78 is 5.59. The van der Waals surface area contributed by atoms with E-state index in [1.54, 1.807) is 11.0 Å². The van der Waals surface area contributed by atoms with Crippen molar-refractivity contribution in [2.24, 2.45) is 5.92 Å². The van der Waals surface area contributed by atoms with Gasteiger partial charge in [-0.2, -0.15) is 0 Å². The van der Waals surface area contributed by atoms with Crippen LogP contribution in [0.2, 0.25) is 0 Å². The Bertz CT molecular complexity index is 881. The van der Waals surface area contributed by atoms with Crippen molar-refractivity contribution in [2.45, 2.75) is 39.0 Å². The number of nitrogen functional groups attached to an aromatic ring is 1. The van der Waals surface area contributed by atoms with E-state index in [0.717, 1.165) is 48.5 Å². The fourth-order valence-corrected chi connectivity index (χ4v) is 4.27. The van der Waals surface area contributed by atoms with Gasteiger partial charge in [0.25, 0.3) is 5.91 Å². The fourth-order valence-electron chi connectivity index (χ4n) is 4.27. The van der Waals surface area contributed by atoms with Gasteiger partial charge in [0.05, 0.1) is 0 Å². The Hall–Kier alpha value is -2.76. The topological polar surface area (TPSA) is 79.8 Å². The predicted octanol–water partition coefficient (Wildman–Crippen LogP) is 3.26. The fraction of sp³-hybridized carbons (Fsp3) is 0.455. The highest BCUT2D eigenvalue weighted by Crippen LogP contribution is 2.33. The summed E-state index contributed by atoms with van der Waals surface area (Å²) in [6.07, 6.45) is 3.98. The molecule has 0 radical (unpaired) electrons. The van der Waals surface area contributed by atoms with Crippen LogP contribution < -0.4 is 10.6 Å². The molecule has 0 saturated carbocycles. The zero-order valence-electron chi connectivity index (χ0n) is 16.3. The van der Waals surface area contributed by atoms with Crippen LogP contribution in [0.3, 0.4) is 0 Å². The average Bonchev–Trinajstić information content (AvgIpc) is 3.22. The summed E-state index contributed by atoms with van der Waals surface area (Å²) in [6.45, 7) is 3.89. The first-order valence-electron chi connectivity index (χ1n) is 10.1. The number of aryl methyl sites for hydroxylation is 1. The highest BCUT2D eigenvalue weighted by atomic mass is 16.4. The third kappa shape index (κ3) is 3.39. The second kappa shape index (κ2) is 7.70. The number of likely N-dealkylation sites (tertiary alicyclic amines) is 1. The molecule has 1 aromatic carbocycles. The second-order valence-corrected chi connectivity index (χ2v) is 7.62. The summed E-state index contributed by atoms with van der Waals surface area (Å²) in [6, 6.07) is 9.39. The number of rotatable bonds is 3. The SMILES string of the molecule is CCc1ccc(C(=O)N2CCC(C(=O)N3CCCc4c(N)cccc43)CC2)o1. The number of anilines is 2. The first-order chi connectivity index (χ1) is 13.6. The van der Waals surface area contributed by atoms with Gasteiger partial charge in [0.15, 0.2) is 5.76 Å². The van der Waals surface area contributed by atoms with Crippen LogP contribution in [0.1, 0.15) is 48.1 Å². The smallest absolute Gasteiger partial charge is 0.289 e. The number of fused-ring (bicyclic) bond motifs is 1. The third-order valence-corrected chi connectivity index (χ3v) is 5.91. The lowest BCUT2D eigenvalue weighted by Crippen LogP contribution is -2.45. The van der Waals surface area contributed by atoms with Crippen molar-refractivity contribution in [3.63, 3.8) is 0 Å². The number of hydrogen-bond acceptors (Lipinski definition) is 4. The van der Waals surface area contributed by atoms with E-state index in [2.05, 4.69) is 0 Å². The molecule has 148 valence electrons. The maximum absolute atomic E-state index is 13.2. The maximum Gasteiger partial charge on any atom is 0.289 e. The molecule has 1 aromatic heterocycles. The summed E-state index contributed by atoms with van der Waals surface area (Å²) >= 11 is 0. The maximum atomic E-state index is 13.2. The highest BCUT2D eigenvalue weighted by molar-refractivity contribution is 5.97. The van der Waals surface area contributed by atoms with Crippen LogP contribution in [0.25, 0.3) is 0 Å². The minimum Gasteiger partial charge on any atom is -0.456 e. The molecule has 6 nitrogen and oxygen atoms in total. The Morgan fingerprint density at radius 2 is 1.93 bits per heavy atom. The number of piperidine rings is 1. The van der Waals surface area contributed by atoms with Crippen molar-refractivity contribution in [3.05, 3.63) is 47.4 Å². The molecule has 0 unspecified atom stereocenters. The summed E-state index contributed by atoms with van der Waals surface area (Å²) in [4.78, 5) is 29.5. The molecule has 2 aromatic rings. The first-order valence-corrected chi connectivity index (χ1v) is 10.1. The molecule has 2 aliphatic heterocycles. The zero-order chi connectivity index (χ0) is 19.7. The monoisotopic (exact) mass is 381 g/mol. The normalized spacial score (nSPS) is 17.5. The van der Waals surface area contributed by atoms with Gasteiger partial charge in [-0.25, -0.2) is 0 Å². The van der Waals surface area contributed by atoms with Crippen LogP contribution in [0, 0.1) is 5.92 Å². The number of carbonyl (C=O) groups is 2. The molecule has 3 heterocycles. The largest absolute Gasteiger partial charge is 0.456 e. The van der Waals surface area contributed by atoms with E-state index in [1.165, 1.54) is 0 Å². The number of furan rings is 1. The van der Waals surface area contributed by atoms with Crippen molar-refractivity contribution in [3.8, 4) is 0 Å². The van der Waals surface area contributed by atoms with E-state index in [4.69, 9.17) is 10.2 Å². The average molecular weight is 381 g/mol. The number of benzene rings is 1. The first kappa shape index (κ1) is 18.6. The van der Waals surface area contributed by atoms with Gasteiger partial charge in [0.1, 0.15) is 5.76 Å². The van der Waals surface area contributed by atoms with E-state index >= 15 is 0 Å². The lowest BCUT2D eigenvalue weighted by molar-refractivity contribution is -0.123. The highest BCUT2D eigenvalue weighted by Gasteiger charge is 2.33. The standard InChI is InChI=1S/C22H27N3O3/c1-2-16-8-9-20(28-16)22(27)24-13-10-15(11-14-24)21(26)25-12-4-5-17-18(23)6-3-7-19(17)25/h3,6-9,15H,2,4-5,10-14,23H2,1H3. The van der Waals surface area contributed by atoms with Crippen molar-refractivity contribution < 1.29 is 14.0 Å². The molecular weight excluding hydrogens is 354 g/mol. The van der Waals surface area contributed by atoms with Gasteiger partial charge in [-0.05, 0) is 55.5 Å². The molecule has 2 aliphatic rings. The molecule has 1 saturated heterocycles. The lowest BCUT2D eigenvalue weighted by Gasteiger charge is -2.36. The summed E-state index contributed by atoms with van der Waals surface area (Å²) in [7, 11) is 0. The molecular formula is C22H27N3O3. The Kier molecular flexibility index (Phi) is 5.11. The third-order valence-electron chi connectivity index (χ3n) is 5.91. The molecule has 0 spiro atoms. The van der Waals surface area contributed by atoms with Crippen LogP contribution in [-0.4, -0.2) is 36.3 Å². The molecule has 2 amide bonds. The Morgan fingerprint density at radius 1 is 1.14 bits per heavy atom. The van der Waals surface area contributed by atoms with Gasteiger partial charge in [-0.1, -0.05) is 13.0 Å². The van der Waals surface area contributed by atoms with Gasteiger partial charge >= 0.3 is 0 Å². The second-order valence-electron chi connectivity index (χ2n) is 7.62. The molecule has 1 fully saturated rings. The summed E-state index contributed by atoms with van der Waals surface area (Å²) in [5.74, 6) is 1.23. The number of hydrogen-bond donors (Lipinski definition) is 1. The van der Waals surface area contributed by atoms with E-state index in [-0.39, 0.29) is 17.7 Å². The van der Waals surface area contributed by atoms with Gasteiger partial charge in [0.2, 0.25) is 5.91 Å². The van der Waals surface area contributed by atoms with Crippen LogP contribution in [-0.2, 0) is 17.6 Å². The van der Waals surface area contributed by atoms with Crippen LogP contribution >= 0.6 is 0 Å². The van der Waals surface area contributed by atoms with E-state index in [1.807, 2.05) is 36.1 Å². The minimum absolute atomic E-state index is 0.0563. The van der Waals surface area contributed by atoms with E-state index < -0.39 is 0 Å². The number of nitrogens with zero attached hydrogens (tertiary/aromatic N) is 2. The molecule has 0 aliphatic carbocycles. The minimum atomic E-state index is -0.0818. The quantitative estimate of drug-likeness (QED) is 0.828. The lowest BCUT2D eigenvalue weighted by atomic mass is 9.92. The molecule has 2 N–H and O–H groups in total. The van der Waals surface area contributed by atoms with Crippen molar-refractivity contribution in [2.75, 3.05) is 30.3 Å². The van der Waals surface area contributed by atoms with E-state index in [9.17, 15) is 9.59 Å². The van der Waals surface area contributed by atoms with Crippen molar-refractivity contribution >= 4 is 23.2 Å². The molecule has 28 heavy (non-hydrogen) atoms. The molecule has 0 bridgehead atoms. The van der Waals surface area contributed by atoms with Gasteiger partial charge < -0.3 is 20.0 Å². The Balaban J connectivity index is 1.41. The van der Waals surface area contributed by atoms with Crippen LogP contribution in [0.4, 0.5) is 11.4 Å². The summed E-state index contributed by atoms with van der Waals surface area (Å²) in [5, 5.41) is 0.